The van der Waals surface area contributed by atoms with Crippen LogP contribution in [0.1, 0.15) is 30.7 Å². The Hall–Kier alpha value is -3.50. The number of sulfonamides is 1. The number of rotatable bonds is 8. The van der Waals surface area contributed by atoms with Crippen molar-refractivity contribution >= 4 is 32.7 Å². The van der Waals surface area contributed by atoms with Gasteiger partial charge in [-0.2, -0.15) is 4.72 Å². The largest absolute Gasteiger partial charge is 0.489 e. The van der Waals surface area contributed by atoms with Crippen LogP contribution in [-0.4, -0.2) is 48.7 Å². The third kappa shape index (κ3) is 4.91. The van der Waals surface area contributed by atoms with Crippen LogP contribution in [0.2, 0.25) is 0 Å². The van der Waals surface area contributed by atoms with E-state index in [4.69, 9.17) is 10.5 Å². The molecule has 10 heteroatoms. The Morgan fingerprint density at radius 2 is 1.81 bits per heavy atom. The molecule has 9 nitrogen and oxygen atoms in total. The van der Waals surface area contributed by atoms with Gasteiger partial charge in [0.1, 0.15) is 17.9 Å². The molecule has 0 bridgehead atoms. The number of amides is 2. The fourth-order valence-electron chi connectivity index (χ4n) is 4.31. The average Bonchev–Trinajstić information content (AvgIpc) is 2.79. The molecule has 1 aromatic heterocycles. The molecule has 0 spiro atoms. The standard InChI is InChI=1S/C26H30N4O5S/c1-16(2)24(31)30-14-26(15-30,25(27)32)29-36(33,34)21-10-8-20(9-11-21)35-13-19-12-18(4)28-23-17(3)6-5-7-22(19)23/h5-12,16,29H,13-15H2,1-4H3,(H2,27,32). The maximum atomic E-state index is 13.0. The van der Waals surface area contributed by atoms with Crippen molar-refractivity contribution in [2.75, 3.05) is 13.1 Å². The third-order valence-electron chi connectivity index (χ3n) is 6.31. The maximum absolute atomic E-state index is 13.0. The lowest BCUT2D eigenvalue weighted by Gasteiger charge is -2.48. The van der Waals surface area contributed by atoms with Crippen LogP contribution in [0.5, 0.6) is 5.75 Å². The number of nitrogens with two attached hydrogens (primary N) is 1. The van der Waals surface area contributed by atoms with Crippen molar-refractivity contribution in [3.05, 3.63) is 65.4 Å². The highest BCUT2D eigenvalue weighted by atomic mass is 32.2. The van der Waals surface area contributed by atoms with Crippen molar-refractivity contribution in [2.24, 2.45) is 11.7 Å². The lowest BCUT2D eigenvalue weighted by molar-refractivity contribution is -0.147. The molecular formula is C26H30N4O5S. The molecule has 4 rings (SSSR count). The summed E-state index contributed by atoms with van der Waals surface area (Å²) in [4.78, 5) is 30.3. The maximum Gasteiger partial charge on any atom is 0.242 e. The molecule has 1 aliphatic heterocycles. The first-order valence-electron chi connectivity index (χ1n) is 11.6. The van der Waals surface area contributed by atoms with Crippen LogP contribution in [0.25, 0.3) is 10.9 Å². The number of nitrogens with one attached hydrogen (secondary N) is 1. The number of hydrogen-bond donors (Lipinski definition) is 2. The molecule has 1 fully saturated rings. The van der Waals surface area contributed by atoms with Crippen molar-refractivity contribution in [2.45, 2.75) is 44.7 Å². The number of aryl methyl sites for hydroxylation is 2. The second kappa shape index (κ2) is 9.51. The number of benzene rings is 2. The first kappa shape index (κ1) is 25.6. The van der Waals surface area contributed by atoms with Crippen LogP contribution >= 0.6 is 0 Å². The number of fused-ring (bicyclic) bond motifs is 1. The van der Waals surface area contributed by atoms with Gasteiger partial charge in [-0.15, -0.1) is 0 Å². The van der Waals surface area contributed by atoms with Gasteiger partial charge in [0.25, 0.3) is 0 Å². The van der Waals surface area contributed by atoms with Crippen LogP contribution in [0.15, 0.2) is 53.4 Å². The normalized spacial score (nSPS) is 15.1. The Balaban J connectivity index is 1.47. The van der Waals surface area contributed by atoms with Gasteiger partial charge in [-0.05, 0) is 49.7 Å². The molecule has 0 atom stereocenters. The number of nitrogens with zero attached hydrogens (tertiary/aromatic N) is 2. The van der Waals surface area contributed by atoms with E-state index in [0.717, 1.165) is 27.7 Å². The number of likely N-dealkylation sites (tertiary alicyclic amines) is 1. The Morgan fingerprint density at radius 3 is 2.42 bits per heavy atom. The smallest absolute Gasteiger partial charge is 0.242 e. The molecule has 3 N–H and O–H groups in total. The van der Waals surface area contributed by atoms with Crippen LogP contribution in [0, 0.1) is 19.8 Å². The van der Waals surface area contributed by atoms with E-state index < -0.39 is 21.5 Å². The second-order valence-corrected chi connectivity index (χ2v) is 11.2. The summed E-state index contributed by atoms with van der Waals surface area (Å²) in [5.41, 5.74) is 7.85. The van der Waals surface area contributed by atoms with E-state index in [9.17, 15) is 18.0 Å². The fourth-order valence-corrected chi connectivity index (χ4v) is 5.67. The van der Waals surface area contributed by atoms with Gasteiger partial charge in [0.2, 0.25) is 21.8 Å². The molecule has 1 saturated heterocycles. The summed E-state index contributed by atoms with van der Waals surface area (Å²) in [5, 5.41) is 1.01. The topological polar surface area (TPSA) is 132 Å². The first-order valence-corrected chi connectivity index (χ1v) is 13.1. The summed E-state index contributed by atoms with van der Waals surface area (Å²) < 4.78 is 34.3. The van der Waals surface area contributed by atoms with Crippen molar-refractivity contribution in [1.29, 1.82) is 0 Å². The molecule has 3 aromatic rings. The van der Waals surface area contributed by atoms with E-state index >= 15 is 0 Å². The molecule has 190 valence electrons. The molecular weight excluding hydrogens is 480 g/mol. The number of hydrogen-bond acceptors (Lipinski definition) is 6. The summed E-state index contributed by atoms with van der Waals surface area (Å²) >= 11 is 0. The van der Waals surface area contributed by atoms with Crippen molar-refractivity contribution < 1.29 is 22.7 Å². The summed E-state index contributed by atoms with van der Waals surface area (Å²) in [6.45, 7) is 7.51. The van der Waals surface area contributed by atoms with E-state index in [2.05, 4.69) is 9.71 Å². The number of ether oxygens (including phenoxy) is 1. The Morgan fingerprint density at radius 1 is 1.14 bits per heavy atom. The van der Waals surface area contributed by atoms with E-state index in [0.29, 0.717) is 5.75 Å². The van der Waals surface area contributed by atoms with Gasteiger partial charge in [0.05, 0.1) is 23.5 Å². The van der Waals surface area contributed by atoms with Crippen molar-refractivity contribution in [3.63, 3.8) is 0 Å². The van der Waals surface area contributed by atoms with Crippen LogP contribution in [-0.2, 0) is 26.2 Å². The van der Waals surface area contributed by atoms with Gasteiger partial charge in [0.15, 0.2) is 0 Å². The zero-order valence-electron chi connectivity index (χ0n) is 20.7. The Kier molecular flexibility index (Phi) is 6.76. The Bertz CT molecular complexity index is 1430. The molecule has 2 heterocycles. The highest BCUT2D eigenvalue weighted by Gasteiger charge is 2.52. The van der Waals surface area contributed by atoms with Gasteiger partial charge in [0, 0.05) is 22.6 Å². The van der Waals surface area contributed by atoms with Crippen LogP contribution < -0.4 is 15.2 Å². The van der Waals surface area contributed by atoms with E-state index in [1.165, 1.54) is 17.0 Å². The number of carbonyl (C=O) groups is 2. The molecule has 1 aliphatic rings. The van der Waals surface area contributed by atoms with Gasteiger partial charge in [-0.3, -0.25) is 14.6 Å². The van der Waals surface area contributed by atoms with Crippen LogP contribution in [0.3, 0.4) is 0 Å². The average molecular weight is 511 g/mol. The van der Waals surface area contributed by atoms with Crippen molar-refractivity contribution in [1.82, 2.24) is 14.6 Å². The second-order valence-electron chi connectivity index (χ2n) is 9.55. The number of aromatic nitrogens is 1. The minimum absolute atomic E-state index is 0.0371. The number of pyridine rings is 1. The molecule has 2 aromatic carbocycles. The highest BCUT2D eigenvalue weighted by molar-refractivity contribution is 7.89. The fraction of sp³-hybridized carbons (Fsp3) is 0.346. The number of para-hydroxylation sites is 1. The highest BCUT2D eigenvalue weighted by Crippen LogP contribution is 2.27. The predicted octanol–water partition coefficient (Wildman–Crippen LogP) is 2.43. The molecule has 0 saturated carbocycles. The summed E-state index contributed by atoms with van der Waals surface area (Å²) in [6, 6.07) is 13.9. The lowest BCUT2D eigenvalue weighted by Crippen LogP contribution is -2.76. The first-order chi connectivity index (χ1) is 16.9. The summed E-state index contributed by atoms with van der Waals surface area (Å²) in [5.74, 6) is -0.766. The molecule has 0 aliphatic carbocycles. The summed E-state index contributed by atoms with van der Waals surface area (Å²) in [7, 11) is -4.07. The molecule has 0 unspecified atom stereocenters. The van der Waals surface area contributed by atoms with E-state index in [-0.39, 0.29) is 36.4 Å². The van der Waals surface area contributed by atoms with E-state index in [1.807, 2.05) is 38.1 Å². The SMILES string of the molecule is Cc1cc(COc2ccc(S(=O)(=O)NC3(C(N)=O)CN(C(=O)C(C)C)C3)cc2)c2cccc(C)c2n1. The molecule has 2 amide bonds. The predicted molar refractivity (Wildman–Crippen MR) is 136 cm³/mol. The van der Waals surface area contributed by atoms with Gasteiger partial charge in [-0.25, -0.2) is 8.42 Å². The molecule has 36 heavy (non-hydrogen) atoms. The minimum atomic E-state index is -4.07. The number of carbonyl (C=O) groups excluding carboxylic acids is 2. The van der Waals surface area contributed by atoms with E-state index in [1.54, 1.807) is 26.0 Å². The lowest BCUT2D eigenvalue weighted by atomic mass is 9.89. The molecule has 0 radical (unpaired) electrons. The zero-order chi connectivity index (χ0) is 26.3. The van der Waals surface area contributed by atoms with Crippen LogP contribution in [0.4, 0.5) is 0 Å². The van der Waals surface area contributed by atoms with Gasteiger partial charge in [-0.1, -0.05) is 32.0 Å². The van der Waals surface area contributed by atoms with Gasteiger partial charge >= 0.3 is 0 Å². The van der Waals surface area contributed by atoms with Crippen molar-refractivity contribution in [3.8, 4) is 5.75 Å². The zero-order valence-corrected chi connectivity index (χ0v) is 21.6. The summed E-state index contributed by atoms with van der Waals surface area (Å²) in [6.07, 6.45) is 0. The minimum Gasteiger partial charge on any atom is -0.489 e. The Labute approximate surface area is 210 Å². The number of primary amides is 1. The monoisotopic (exact) mass is 510 g/mol. The van der Waals surface area contributed by atoms with Gasteiger partial charge < -0.3 is 15.4 Å². The third-order valence-corrected chi connectivity index (χ3v) is 7.86. The quantitative estimate of drug-likeness (QED) is 0.478.